The van der Waals surface area contributed by atoms with Crippen LogP contribution in [-0.4, -0.2) is 12.0 Å². The van der Waals surface area contributed by atoms with Gasteiger partial charge in [0.1, 0.15) is 0 Å². The maximum atomic E-state index is 4.38. The van der Waals surface area contributed by atoms with Gasteiger partial charge in [-0.05, 0) is 54.9 Å². The van der Waals surface area contributed by atoms with E-state index >= 15 is 0 Å². The second kappa shape index (κ2) is 5.96. The van der Waals surface area contributed by atoms with Gasteiger partial charge in [-0.25, -0.2) is 0 Å². The summed E-state index contributed by atoms with van der Waals surface area (Å²) in [5, 5.41) is 4.60. The van der Waals surface area contributed by atoms with Crippen molar-refractivity contribution >= 4 is 26.8 Å². The average molecular weight is 341 g/mol. The Labute approximate surface area is 133 Å². The van der Waals surface area contributed by atoms with Crippen molar-refractivity contribution in [2.45, 2.75) is 13.0 Å². The fourth-order valence-electron chi connectivity index (χ4n) is 2.71. The monoisotopic (exact) mass is 340 g/mol. The van der Waals surface area contributed by atoms with E-state index in [1.165, 1.54) is 22.1 Å². The molecule has 1 N–H and O–H groups in total. The molecule has 0 spiro atoms. The highest BCUT2D eigenvalue weighted by Gasteiger charge is 2.15. The first-order valence-corrected chi connectivity index (χ1v) is 7.77. The van der Waals surface area contributed by atoms with Crippen molar-refractivity contribution in [1.29, 1.82) is 0 Å². The van der Waals surface area contributed by atoms with Crippen LogP contribution in [0.3, 0.4) is 0 Å². The Morgan fingerprint density at radius 2 is 1.95 bits per heavy atom. The fraction of sp³-hybridized carbons (Fsp3) is 0.167. The van der Waals surface area contributed by atoms with E-state index in [0.29, 0.717) is 0 Å². The van der Waals surface area contributed by atoms with Crippen LogP contribution < -0.4 is 5.32 Å². The van der Waals surface area contributed by atoms with E-state index in [0.717, 1.165) is 9.99 Å². The van der Waals surface area contributed by atoms with Gasteiger partial charge in [-0.1, -0.05) is 40.2 Å². The van der Waals surface area contributed by atoms with E-state index in [2.05, 4.69) is 75.6 Å². The Kier molecular flexibility index (Phi) is 4.04. The minimum absolute atomic E-state index is 0.173. The van der Waals surface area contributed by atoms with Gasteiger partial charge in [0.2, 0.25) is 0 Å². The summed E-state index contributed by atoms with van der Waals surface area (Å²) in [6, 6.07) is 17.0. The number of halogens is 1. The Hall–Kier alpha value is -1.71. The highest BCUT2D eigenvalue weighted by Crippen LogP contribution is 2.30. The average Bonchev–Trinajstić information content (AvgIpc) is 2.52. The second-order valence-electron chi connectivity index (χ2n) is 5.13. The van der Waals surface area contributed by atoms with Gasteiger partial charge in [0.15, 0.2) is 0 Å². The zero-order valence-electron chi connectivity index (χ0n) is 12.1. The lowest BCUT2D eigenvalue weighted by Crippen LogP contribution is -2.18. The molecular weight excluding hydrogens is 324 g/mol. The quantitative estimate of drug-likeness (QED) is 0.752. The molecule has 2 aromatic carbocycles. The highest BCUT2D eigenvalue weighted by molar-refractivity contribution is 9.10. The van der Waals surface area contributed by atoms with Crippen LogP contribution in [0, 0.1) is 6.92 Å². The molecule has 0 aliphatic heterocycles. The first-order chi connectivity index (χ1) is 10.2. The summed E-state index contributed by atoms with van der Waals surface area (Å²) in [6.07, 6.45) is 1.83. The summed E-state index contributed by atoms with van der Waals surface area (Å²) in [7, 11) is 2.00. The summed E-state index contributed by atoms with van der Waals surface area (Å²) in [6.45, 7) is 2.15. The van der Waals surface area contributed by atoms with E-state index in [-0.39, 0.29) is 6.04 Å². The van der Waals surface area contributed by atoms with Gasteiger partial charge in [0.25, 0.3) is 0 Å². The van der Waals surface area contributed by atoms with Gasteiger partial charge in [-0.2, -0.15) is 0 Å². The molecule has 3 heteroatoms. The van der Waals surface area contributed by atoms with Gasteiger partial charge in [0, 0.05) is 16.1 Å². The lowest BCUT2D eigenvalue weighted by molar-refractivity contribution is 0.688. The normalized spacial score (nSPS) is 12.5. The summed E-state index contributed by atoms with van der Waals surface area (Å²) in [5.74, 6) is 0. The molecule has 3 rings (SSSR count). The van der Waals surface area contributed by atoms with Crippen LogP contribution in [0.2, 0.25) is 0 Å². The number of benzene rings is 2. The maximum Gasteiger partial charge on any atom is 0.0702 e. The molecule has 0 bridgehead atoms. The minimum Gasteiger partial charge on any atom is -0.309 e. The molecule has 106 valence electrons. The zero-order chi connectivity index (χ0) is 14.8. The molecule has 0 aliphatic carbocycles. The third-order valence-electron chi connectivity index (χ3n) is 3.87. The number of rotatable bonds is 3. The summed E-state index contributed by atoms with van der Waals surface area (Å²) < 4.78 is 1.14. The molecule has 1 unspecified atom stereocenters. The molecule has 0 saturated heterocycles. The predicted molar refractivity (Wildman–Crippen MR) is 91.5 cm³/mol. The number of hydrogen-bond donors (Lipinski definition) is 1. The standard InChI is InChI=1S/C18H17BrN2/c1-12-15(6-3-7-16(12)19)18(20-2)14-8-9-17-13(11-14)5-4-10-21-17/h3-11,18,20H,1-2H3. The van der Waals surface area contributed by atoms with Crippen molar-refractivity contribution in [2.24, 2.45) is 0 Å². The first-order valence-electron chi connectivity index (χ1n) is 6.97. The predicted octanol–water partition coefficient (Wildman–Crippen LogP) is 4.61. The number of nitrogens with zero attached hydrogens (tertiary/aromatic N) is 1. The molecule has 0 fully saturated rings. The molecule has 2 nitrogen and oxygen atoms in total. The number of aromatic nitrogens is 1. The summed E-state index contributed by atoms with van der Waals surface area (Å²) in [5.41, 5.74) is 4.83. The third kappa shape index (κ3) is 2.71. The lowest BCUT2D eigenvalue weighted by Gasteiger charge is -2.20. The highest BCUT2D eigenvalue weighted by atomic mass is 79.9. The maximum absolute atomic E-state index is 4.38. The first kappa shape index (κ1) is 14.2. The van der Waals surface area contributed by atoms with Crippen LogP contribution in [0.25, 0.3) is 10.9 Å². The summed E-state index contributed by atoms with van der Waals surface area (Å²) >= 11 is 3.62. The van der Waals surface area contributed by atoms with E-state index in [4.69, 9.17) is 0 Å². The van der Waals surface area contributed by atoms with Crippen LogP contribution in [0.1, 0.15) is 22.7 Å². The number of pyridine rings is 1. The molecular formula is C18H17BrN2. The molecule has 1 aromatic heterocycles. The second-order valence-corrected chi connectivity index (χ2v) is 5.99. The van der Waals surface area contributed by atoms with Crippen LogP contribution in [0.5, 0.6) is 0 Å². The minimum atomic E-state index is 0.173. The van der Waals surface area contributed by atoms with Gasteiger partial charge in [0.05, 0.1) is 11.6 Å². The molecule has 0 saturated carbocycles. The smallest absolute Gasteiger partial charge is 0.0702 e. The Balaban J connectivity index is 2.11. The van der Waals surface area contributed by atoms with Gasteiger partial charge < -0.3 is 5.32 Å². The van der Waals surface area contributed by atoms with Crippen molar-refractivity contribution in [1.82, 2.24) is 10.3 Å². The largest absolute Gasteiger partial charge is 0.309 e. The van der Waals surface area contributed by atoms with E-state index in [1.807, 2.05) is 19.3 Å². The van der Waals surface area contributed by atoms with Crippen molar-refractivity contribution in [3.05, 3.63) is 75.9 Å². The fourth-order valence-corrected chi connectivity index (χ4v) is 3.09. The number of nitrogens with one attached hydrogen (secondary N) is 1. The van der Waals surface area contributed by atoms with Crippen LogP contribution >= 0.6 is 15.9 Å². The van der Waals surface area contributed by atoms with Gasteiger partial charge in [-0.3, -0.25) is 4.98 Å². The van der Waals surface area contributed by atoms with Crippen molar-refractivity contribution in [3.63, 3.8) is 0 Å². The van der Waals surface area contributed by atoms with Crippen LogP contribution in [-0.2, 0) is 0 Å². The third-order valence-corrected chi connectivity index (χ3v) is 4.73. The van der Waals surface area contributed by atoms with Crippen molar-refractivity contribution in [2.75, 3.05) is 7.05 Å². The number of fused-ring (bicyclic) bond motifs is 1. The van der Waals surface area contributed by atoms with E-state index in [9.17, 15) is 0 Å². The Bertz CT molecular complexity index is 783. The van der Waals surface area contributed by atoms with Gasteiger partial charge in [-0.15, -0.1) is 0 Å². The lowest BCUT2D eigenvalue weighted by atomic mass is 9.94. The topological polar surface area (TPSA) is 24.9 Å². The molecule has 0 aliphatic rings. The van der Waals surface area contributed by atoms with E-state index < -0.39 is 0 Å². The molecule has 21 heavy (non-hydrogen) atoms. The SMILES string of the molecule is CNC(c1ccc2ncccc2c1)c1cccc(Br)c1C. The van der Waals surface area contributed by atoms with Crippen molar-refractivity contribution < 1.29 is 0 Å². The molecule has 0 amide bonds. The van der Waals surface area contributed by atoms with Crippen molar-refractivity contribution in [3.8, 4) is 0 Å². The summed E-state index contributed by atoms with van der Waals surface area (Å²) in [4.78, 5) is 4.38. The number of hydrogen-bond acceptors (Lipinski definition) is 2. The Morgan fingerprint density at radius 3 is 2.76 bits per heavy atom. The molecule has 3 aromatic rings. The van der Waals surface area contributed by atoms with Gasteiger partial charge >= 0.3 is 0 Å². The molecule has 1 atom stereocenters. The van der Waals surface area contributed by atoms with Crippen LogP contribution in [0.4, 0.5) is 0 Å². The molecule has 1 heterocycles. The zero-order valence-corrected chi connectivity index (χ0v) is 13.7. The van der Waals surface area contributed by atoms with E-state index in [1.54, 1.807) is 0 Å². The van der Waals surface area contributed by atoms with Crippen LogP contribution in [0.15, 0.2) is 59.2 Å². The Morgan fingerprint density at radius 1 is 1.10 bits per heavy atom. The molecule has 0 radical (unpaired) electrons.